The Kier molecular flexibility index (Phi) is 5.46. The van der Waals surface area contributed by atoms with E-state index >= 15 is 0 Å². The van der Waals surface area contributed by atoms with Crippen molar-refractivity contribution in [2.24, 2.45) is 11.8 Å². The third-order valence-electron chi connectivity index (χ3n) is 4.24. The largest absolute Gasteiger partial charge is 0.310 e. The average Bonchev–Trinajstić information content (AvgIpc) is 2.89. The monoisotopic (exact) mass is 330 g/mol. The first-order chi connectivity index (χ1) is 9.80. The van der Waals surface area contributed by atoms with E-state index in [-0.39, 0.29) is 0 Å². The minimum absolute atomic E-state index is 0.398. The lowest BCUT2D eigenvalue weighted by Crippen LogP contribution is -2.41. The molecule has 0 aromatic carbocycles. The lowest BCUT2D eigenvalue weighted by atomic mass is 9.90. The van der Waals surface area contributed by atoms with E-state index < -0.39 is 10.0 Å². The van der Waals surface area contributed by atoms with Crippen LogP contribution in [0.4, 0.5) is 0 Å². The smallest absolute Gasteiger partial charge is 0.252 e. The molecule has 2 rings (SSSR count). The molecule has 0 spiro atoms. The summed E-state index contributed by atoms with van der Waals surface area (Å²) in [6, 6.07) is 2.22. The molecule has 120 valence electrons. The van der Waals surface area contributed by atoms with Gasteiger partial charge in [-0.1, -0.05) is 27.7 Å². The fourth-order valence-electron chi connectivity index (χ4n) is 2.47. The van der Waals surface area contributed by atoms with E-state index in [1.165, 1.54) is 11.3 Å². The summed E-state index contributed by atoms with van der Waals surface area (Å²) in [5.41, 5.74) is 1.05. The minimum Gasteiger partial charge on any atom is -0.310 e. The molecule has 2 atom stereocenters. The zero-order valence-corrected chi connectivity index (χ0v) is 14.9. The molecule has 1 fully saturated rings. The van der Waals surface area contributed by atoms with Crippen LogP contribution in [0.1, 0.15) is 39.7 Å². The van der Waals surface area contributed by atoms with Gasteiger partial charge in [-0.15, -0.1) is 11.3 Å². The Morgan fingerprint density at radius 3 is 2.71 bits per heavy atom. The van der Waals surface area contributed by atoms with E-state index in [0.29, 0.717) is 35.2 Å². The molecule has 1 N–H and O–H groups in total. The summed E-state index contributed by atoms with van der Waals surface area (Å²) in [4.78, 5) is 0. The summed E-state index contributed by atoms with van der Waals surface area (Å²) in [7, 11) is -3.31. The van der Waals surface area contributed by atoms with Gasteiger partial charge in [-0.05, 0) is 35.3 Å². The predicted octanol–water partition coefficient (Wildman–Crippen LogP) is 2.91. The average molecular weight is 331 g/mol. The van der Waals surface area contributed by atoms with Crippen LogP contribution in [0.15, 0.2) is 15.7 Å². The Labute approximate surface area is 132 Å². The number of nitrogens with one attached hydrogen (secondary N) is 1. The molecule has 21 heavy (non-hydrogen) atoms. The molecule has 0 aliphatic carbocycles. The number of hydrogen-bond acceptors (Lipinski definition) is 4. The van der Waals surface area contributed by atoms with Gasteiger partial charge >= 0.3 is 0 Å². The van der Waals surface area contributed by atoms with Crippen molar-refractivity contribution in [1.82, 2.24) is 9.62 Å². The fraction of sp³-hybridized carbons (Fsp3) is 0.733. The normalized spacial score (nSPS) is 24.6. The van der Waals surface area contributed by atoms with E-state index in [2.05, 4.69) is 33.0 Å². The van der Waals surface area contributed by atoms with Crippen LogP contribution in [-0.4, -0.2) is 31.9 Å². The summed E-state index contributed by atoms with van der Waals surface area (Å²) in [5.74, 6) is 1.03. The van der Waals surface area contributed by atoms with Gasteiger partial charge in [-0.2, -0.15) is 4.31 Å². The van der Waals surface area contributed by atoms with Crippen LogP contribution in [0.2, 0.25) is 0 Å². The zero-order valence-electron chi connectivity index (χ0n) is 13.3. The van der Waals surface area contributed by atoms with Gasteiger partial charge in [-0.3, -0.25) is 0 Å². The fourth-order valence-corrected chi connectivity index (χ4v) is 5.39. The maximum absolute atomic E-state index is 12.7. The number of thiophene rings is 1. The molecule has 0 saturated carbocycles. The van der Waals surface area contributed by atoms with E-state index in [9.17, 15) is 8.42 Å². The van der Waals surface area contributed by atoms with Crippen LogP contribution in [0, 0.1) is 11.8 Å². The molecular formula is C15H26N2O2S2. The van der Waals surface area contributed by atoms with Crippen molar-refractivity contribution in [3.63, 3.8) is 0 Å². The highest BCUT2D eigenvalue weighted by Crippen LogP contribution is 2.30. The van der Waals surface area contributed by atoms with Gasteiger partial charge in [-0.25, -0.2) is 8.42 Å². The lowest BCUT2D eigenvalue weighted by Gasteiger charge is -2.34. The molecule has 4 nitrogen and oxygen atoms in total. The molecule has 2 heterocycles. The predicted molar refractivity (Wildman–Crippen MR) is 88.0 cm³/mol. The lowest BCUT2D eigenvalue weighted by molar-refractivity contribution is 0.213. The molecule has 6 heteroatoms. The van der Waals surface area contributed by atoms with Crippen molar-refractivity contribution in [1.29, 1.82) is 0 Å². The Balaban J connectivity index is 2.09. The first-order valence-electron chi connectivity index (χ1n) is 7.61. The Morgan fingerprint density at radius 1 is 1.38 bits per heavy atom. The van der Waals surface area contributed by atoms with Crippen LogP contribution in [0.3, 0.4) is 0 Å². The summed E-state index contributed by atoms with van der Waals surface area (Å²) in [6.45, 7) is 10.5. The summed E-state index contributed by atoms with van der Waals surface area (Å²) < 4.78 is 27.5. The third kappa shape index (κ3) is 4.06. The number of piperidine rings is 1. The maximum Gasteiger partial charge on any atom is 0.252 e. The first kappa shape index (κ1) is 16.9. The summed E-state index contributed by atoms with van der Waals surface area (Å²) in [6.07, 6.45) is 0.952. The second-order valence-electron chi connectivity index (χ2n) is 6.42. The van der Waals surface area contributed by atoms with E-state index in [1.807, 2.05) is 11.4 Å². The van der Waals surface area contributed by atoms with Crippen molar-refractivity contribution in [3.8, 4) is 0 Å². The first-order valence-corrected chi connectivity index (χ1v) is 9.93. The van der Waals surface area contributed by atoms with E-state index in [0.717, 1.165) is 18.5 Å². The highest BCUT2D eigenvalue weighted by molar-refractivity contribution is 7.91. The van der Waals surface area contributed by atoms with E-state index in [1.54, 1.807) is 4.31 Å². The van der Waals surface area contributed by atoms with Crippen LogP contribution in [0.25, 0.3) is 0 Å². The molecule has 0 bridgehead atoms. The van der Waals surface area contributed by atoms with Crippen molar-refractivity contribution < 1.29 is 8.42 Å². The van der Waals surface area contributed by atoms with Crippen LogP contribution < -0.4 is 5.32 Å². The van der Waals surface area contributed by atoms with Crippen molar-refractivity contribution in [2.75, 3.05) is 13.1 Å². The second-order valence-corrected chi connectivity index (χ2v) is 9.49. The van der Waals surface area contributed by atoms with Crippen molar-refractivity contribution in [3.05, 3.63) is 17.0 Å². The second kappa shape index (κ2) is 6.77. The molecule has 1 aliphatic rings. The van der Waals surface area contributed by atoms with Gasteiger partial charge in [0.2, 0.25) is 0 Å². The molecule has 0 amide bonds. The Morgan fingerprint density at radius 2 is 2.10 bits per heavy atom. The number of hydrogen-bond donors (Lipinski definition) is 1. The molecule has 1 saturated heterocycles. The van der Waals surface area contributed by atoms with Crippen LogP contribution in [0.5, 0.6) is 0 Å². The van der Waals surface area contributed by atoms with Crippen molar-refractivity contribution in [2.45, 2.75) is 50.9 Å². The third-order valence-corrected chi connectivity index (χ3v) is 7.56. The minimum atomic E-state index is -3.31. The SMILES string of the molecule is CC(C)NCc1csc(S(=O)(=O)N2CCC(C)C(C)C2)c1. The van der Waals surface area contributed by atoms with Gasteiger partial charge in [0.25, 0.3) is 10.0 Å². The number of sulfonamides is 1. The van der Waals surface area contributed by atoms with Gasteiger partial charge in [0.05, 0.1) is 0 Å². The number of rotatable bonds is 5. The van der Waals surface area contributed by atoms with Crippen molar-refractivity contribution >= 4 is 21.4 Å². The Bertz CT molecular complexity index is 566. The van der Waals surface area contributed by atoms with Crippen LogP contribution >= 0.6 is 11.3 Å². The molecule has 1 aromatic rings. The highest BCUT2D eigenvalue weighted by Gasteiger charge is 2.32. The number of nitrogens with zero attached hydrogens (tertiary/aromatic N) is 1. The summed E-state index contributed by atoms with van der Waals surface area (Å²) >= 11 is 1.33. The zero-order chi connectivity index (χ0) is 15.6. The molecule has 1 aromatic heterocycles. The molecule has 2 unspecified atom stereocenters. The maximum atomic E-state index is 12.7. The van der Waals surface area contributed by atoms with Gasteiger partial charge in [0, 0.05) is 25.7 Å². The molecule has 1 aliphatic heterocycles. The Hall–Kier alpha value is -0.430. The van der Waals surface area contributed by atoms with Gasteiger partial charge < -0.3 is 5.32 Å². The van der Waals surface area contributed by atoms with Gasteiger partial charge in [0.15, 0.2) is 0 Å². The summed E-state index contributed by atoms with van der Waals surface area (Å²) in [5, 5.41) is 5.26. The topological polar surface area (TPSA) is 49.4 Å². The molecular weight excluding hydrogens is 304 g/mol. The highest BCUT2D eigenvalue weighted by atomic mass is 32.2. The van der Waals surface area contributed by atoms with Gasteiger partial charge in [0.1, 0.15) is 4.21 Å². The quantitative estimate of drug-likeness (QED) is 0.903. The standard InChI is InChI=1S/C15H26N2O2S2/c1-11(2)16-8-14-7-15(20-10-14)21(18,19)17-6-5-12(3)13(4)9-17/h7,10-13,16H,5-6,8-9H2,1-4H3. The van der Waals surface area contributed by atoms with E-state index in [4.69, 9.17) is 0 Å². The molecule has 0 radical (unpaired) electrons. The van der Waals surface area contributed by atoms with Crippen LogP contribution in [-0.2, 0) is 16.6 Å².